The molecule has 0 N–H and O–H groups in total. The van der Waals surface area contributed by atoms with Crippen LogP contribution in [0.1, 0.15) is 12.8 Å². The van der Waals surface area contributed by atoms with E-state index in [1.807, 2.05) is 0 Å². The van der Waals surface area contributed by atoms with Crippen molar-refractivity contribution in [2.24, 2.45) is 0 Å². The molecule has 0 saturated heterocycles. The number of hydrogen-bond donors (Lipinski definition) is 0. The van der Waals surface area contributed by atoms with Gasteiger partial charge in [-0.05, 0) is 25.0 Å². The SMILES string of the molecule is O=C1C=CC2=C1CCCO2. The van der Waals surface area contributed by atoms with E-state index in [0.29, 0.717) is 0 Å². The van der Waals surface area contributed by atoms with Crippen LogP contribution < -0.4 is 0 Å². The zero-order valence-electron chi connectivity index (χ0n) is 5.59. The quantitative estimate of drug-likeness (QED) is 0.500. The average molecular weight is 136 g/mol. The fraction of sp³-hybridized carbons (Fsp3) is 0.375. The minimum absolute atomic E-state index is 0.134. The van der Waals surface area contributed by atoms with E-state index in [2.05, 4.69) is 0 Å². The minimum Gasteiger partial charge on any atom is -0.493 e. The number of allylic oxidation sites excluding steroid dienone is 3. The summed E-state index contributed by atoms with van der Waals surface area (Å²) < 4.78 is 5.24. The van der Waals surface area contributed by atoms with Crippen LogP contribution in [0.2, 0.25) is 0 Å². The largest absolute Gasteiger partial charge is 0.493 e. The van der Waals surface area contributed by atoms with E-state index in [0.717, 1.165) is 30.8 Å². The van der Waals surface area contributed by atoms with Gasteiger partial charge in [0.15, 0.2) is 5.78 Å². The molecule has 2 rings (SSSR count). The Balaban J connectivity index is 2.36. The Kier molecular flexibility index (Phi) is 1.13. The van der Waals surface area contributed by atoms with Gasteiger partial charge in [0.1, 0.15) is 5.76 Å². The molecule has 1 aliphatic heterocycles. The summed E-state index contributed by atoms with van der Waals surface area (Å²) in [6.45, 7) is 0.760. The Morgan fingerprint density at radius 3 is 3.10 bits per heavy atom. The van der Waals surface area contributed by atoms with E-state index in [1.54, 1.807) is 12.2 Å². The Morgan fingerprint density at radius 2 is 2.30 bits per heavy atom. The second-order valence-corrected chi connectivity index (χ2v) is 2.49. The zero-order valence-corrected chi connectivity index (χ0v) is 5.59. The molecular weight excluding hydrogens is 128 g/mol. The summed E-state index contributed by atoms with van der Waals surface area (Å²) >= 11 is 0. The van der Waals surface area contributed by atoms with Gasteiger partial charge in [-0.1, -0.05) is 0 Å². The molecule has 0 bridgehead atoms. The topological polar surface area (TPSA) is 26.3 Å². The standard InChI is InChI=1S/C8H8O2/c9-7-3-4-8-6(7)2-1-5-10-8/h3-4H,1-2,5H2. The van der Waals surface area contributed by atoms with Gasteiger partial charge in [-0.15, -0.1) is 0 Å². The monoisotopic (exact) mass is 136 g/mol. The number of carbonyl (C=O) groups excluding carboxylic acids is 1. The number of hydrogen-bond acceptors (Lipinski definition) is 2. The van der Waals surface area contributed by atoms with Gasteiger partial charge in [0.25, 0.3) is 0 Å². The van der Waals surface area contributed by atoms with Crippen LogP contribution in [0.25, 0.3) is 0 Å². The highest BCUT2D eigenvalue weighted by molar-refractivity contribution is 6.07. The fourth-order valence-electron chi connectivity index (χ4n) is 1.29. The van der Waals surface area contributed by atoms with Gasteiger partial charge in [0, 0.05) is 5.57 Å². The first-order chi connectivity index (χ1) is 4.88. The minimum atomic E-state index is 0.134. The van der Waals surface area contributed by atoms with Gasteiger partial charge in [-0.2, -0.15) is 0 Å². The van der Waals surface area contributed by atoms with E-state index in [4.69, 9.17) is 4.74 Å². The Morgan fingerprint density at radius 1 is 1.40 bits per heavy atom. The molecule has 0 unspecified atom stereocenters. The first-order valence-corrected chi connectivity index (χ1v) is 3.46. The van der Waals surface area contributed by atoms with Gasteiger partial charge in [-0.25, -0.2) is 0 Å². The van der Waals surface area contributed by atoms with Crippen LogP contribution in [0.4, 0.5) is 0 Å². The number of rotatable bonds is 0. The van der Waals surface area contributed by atoms with Crippen molar-refractivity contribution < 1.29 is 9.53 Å². The lowest BCUT2D eigenvalue weighted by atomic mass is 10.1. The van der Waals surface area contributed by atoms with E-state index < -0.39 is 0 Å². The van der Waals surface area contributed by atoms with Gasteiger partial charge >= 0.3 is 0 Å². The number of carbonyl (C=O) groups is 1. The Labute approximate surface area is 59.2 Å². The van der Waals surface area contributed by atoms with Crippen molar-refractivity contribution in [1.29, 1.82) is 0 Å². The summed E-state index contributed by atoms with van der Waals surface area (Å²) in [5.41, 5.74) is 0.867. The van der Waals surface area contributed by atoms with E-state index in [9.17, 15) is 4.79 Å². The summed E-state index contributed by atoms with van der Waals surface area (Å²) in [5, 5.41) is 0. The Bertz CT molecular complexity index is 228. The van der Waals surface area contributed by atoms with Gasteiger partial charge in [0.2, 0.25) is 0 Å². The third-order valence-electron chi connectivity index (χ3n) is 1.81. The van der Waals surface area contributed by atoms with Crippen molar-refractivity contribution in [3.63, 3.8) is 0 Å². The van der Waals surface area contributed by atoms with Crippen molar-refractivity contribution in [1.82, 2.24) is 0 Å². The van der Waals surface area contributed by atoms with E-state index in [-0.39, 0.29) is 5.78 Å². The summed E-state index contributed by atoms with van der Waals surface area (Å²) in [6.07, 6.45) is 5.21. The fourth-order valence-corrected chi connectivity index (χ4v) is 1.29. The van der Waals surface area contributed by atoms with Crippen LogP contribution in [0.15, 0.2) is 23.5 Å². The molecule has 0 aromatic rings. The molecule has 52 valence electrons. The number of ether oxygens (including phenoxy) is 1. The van der Waals surface area contributed by atoms with Crippen LogP contribution in [-0.4, -0.2) is 12.4 Å². The van der Waals surface area contributed by atoms with Crippen molar-refractivity contribution in [3.8, 4) is 0 Å². The molecule has 2 aliphatic rings. The molecule has 0 radical (unpaired) electrons. The summed E-state index contributed by atoms with van der Waals surface area (Å²) in [6, 6.07) is 0. The lowest BCUT2D eigenvalue weighted by molar-refractivity contribution is -0.111. The van der Waals surface area contributed by atoms with Crippen LogP contribution in [-0.2, 0) is 9.53 Å². The maximum Gasteiger partial charge on any atom is 0.185 e. The molecule has 10 heavy (non-hydrogen) atoms. The van der Waals surface area contributed by atoms with Crippen molar-refractivity contribution in [2.45, 2.75) is 12.8 Å². The first-order valence-electron chi connectivity index (χ1n) is 3.46. The first kappa shape index (κ1) is 5.71. The third kappa shape index (κ3) is 0.685. The molecule has 1 heterocycles. The molecule has 0 saturated carbocycles. The summed E-state index contributed by atoms with van der Waals surface area (Å²) in [4.78, 5) is 11.0. The van der Waals surface area contributed by atoms with Gasteiger partial charge in [0.05, 0.1) is 6.61 Å². The maximum absolute atomic E-state index is 11.0. The molecule has 0 aromatic heterocycles. The van der Waals surface area contributed by atoms with Crippen molar-refractivity contribution in [2.75, 3.05) is 6.61 Å². The zero-order chi connectivity index (χ0) is 6.97. The van der Waals surface area contributed by atoms with E-state index in [1.165, 1.54) is 0 Å². The second kappa shape index (κ2) is 1.97. The molecular formula is C8H8O2. The predicted molar refractivity (Wildman–Crippen MR) is 36.4 cm³/mol. The lowest BCUT2D eigenvalue weighted by Crippen LogP contribution is -2.06. The summed E-state index contributed by atoms with van der Waals surface area (Å²) in [5.74, 6) is 0.936. The van der Waals surface area contributed by atoms with Crippen molar-refractivity contribution in [3.05, 3.63) is 23.5 Å². The van der Waals surface area contributed by atoms with Gasteiger partial charge < -0.3 is 4.74 Å². The van der Waals surface area contributed by atoms with Crippen LogP contribution in [0.3, 0.4) is 0 Å². The molecule has 0 fully saturated rings. The van der Waals surface area contributed by atoms with Crippen LogP contribution in [0, 0.1) is 0 Å². The molecule has 0 atom stereocenters. The highest BCUT2D eigenvalue weighted by atomic mass is 16.5. The maximum atomic E-state index is 11.0. The molecule has 2 nitrogen and oxygen atoms in total. The molecule has 1 aliphatic carbocycles. The molecule has 2 heteroatoms. The normalized spacial score (nSPS) is 23.0. The van der Waals surface area contributed by atoms with Gasteiger partial charge in [-0.3, -0.25) is 4.79 Å². The van der Waals surface area contributed by atoms with Crippen LogP contribution >= 0.6 is 0 Å². The molecule has 0 amide bonds. The Hall–Kier alpha value is -1.05. The lowest BCUT2D eigenvalue weighted by Gasteiger charge is -2.13. The third-order valence-corrected chi connectivity index (χ3v) is 1.81. The molecule has 0 aromatic carbocycles. The second-order valence-electron chi connectivity index (χ2n) is 2.49. The predicted octanol–water partition coefficient (Wildman–Crippen LogP) is 1.19. The smallest absolute Gasteiger partial charge is 0.185 e. The molecule has 0 spiro atoms. The number of ketones is 1. The van der Waals surface area contributed by atoms with Crippen molar-refractivity contribution >= 4 is 5.78 Å². The highest BCUT2D eigenvalue weighted by Crippen LogP contribution is 2.25. The van der Waals surface area contributed by atoms with Crippen LogP contribution in [0.5, 0.6) is 0 Å². The summed E-state index contributed by atoms with van der Waals surface area (Å²) in [7, 11) is 0. The van der Waals surface area contributed by atoms with E-state index >= 15 is 0 Å². The average Bonchev–Trinajstić information content (AvgIpc) is 2.34. The highest BCUT2D eigenvalue weighted by Gasteiger charge is 2.21.